The fourth-order valence-corrected chi connectivity index (χ4v) is 4.84. The first-order valence-corrected chi connectivity index (χ1v) is 12.0. The molecule has 1 unspecified atom stereocenters. The Morgan fingerprint density at radius 2 is 1.76 bits per heavy atom. The Kier molecular flexibility index (Phi) is 6.73. The summed E-state index contributed by atoms with van der Waals surface area (Å²) in [5.74, 6) is -4.87. The van der Waals surface area contributed by atoms with Crippen LogP contribution in [0.2, 0.25) is 0 Å². The number of carbonyl (C=O) groups is 2. The van der Waals surface area contributed by atoms with Gasteiger partial charge < -0.3 is 19.5 Å². The van der Waals surface area contributed by atoms with Gasteiger partial charge in [-0.3, -0.25) is 14.4 Å². The summed E-state index contributed by atoms with van der Waals surface area (Å²) in [6.45, 7) is 0.479. The van der Waals surface area contributed by atoms with Gasteiger partial charge in [0.05, 0.1) is 0 Å². The first-order chi connectivity index (χ1) is 17.8. The summed E-state index contributed by atoms with van der Waals surface area (Å²) >= 11 is 0. The Morgan fingerprint density at radius 1 is 1.03 bits per heavy atom. The minimum absolute atomic E-state index is 0.00188. The van der Waals surface area contributed by atoms with Gasteiger partial charge in [0.2, 0.25) is 5.43 Å². The van der Waals surface area contributed by atoms with E-state index in [1.165, 1.54) is 6.20 Å². The third-order valence-corrected chi connectivity index (χ3v) is 6.78. The van der Waals surface area contributed by atoms with Crippen molar-refractivity contribution in [3.8, 4) is 5.75 Å². The van der Waals surface area contributed by atoms with Crippen LogP contribution in [0.3, 0.4) is 0 Å². The lowest BCUT2D eigenvalue weighted by Gasteiger charge is -2.26. The van der Waals surface area contributed by atoms with Crippen molar-refractivity contribution in [3.05, 3.63) is 98.7 Å². The number of aromatic nitrogens is 1. The number of fused-ring (bicyclic) bond motifs is 5. The van der Waals surface area contributed by atoms with Crippen molar-refractivity contribution in [2.75, 3.05) is 13.1 Å². The maximum atomic E-state index is 14.1. The Hall–Kier alpha value is -4.08. The lowest BCUT2D eigenvalue weighted by atomic mass is 10.1. The Bertz CT molecular complexity index is 1400. The third-order valence-electron chi connectivity index (χ3n) is 6.78. The van der Waals surface area contributed by atoms with E-state index in [0.717, 1.165) is 18.4 Å². The van der Waals surface area contributed by atoms with Gasteiger partial charge in [0.25, 0.3) is 11.8 Å². The SMILES string of the molecule is O=C(NCc1c(F)cc(F)cc1F)c1cn2c(c(OCc3ccccc3)c1=O)C(=O)N1CCCC2CC1. The van der Waals surface area contributed by atoms with Gasteiger partial charge in [0.15, 0.2) is 11.4 Å². The maximum absolute atomic E-state index is 14.1. The number of halogens is 3. The van der Waals surface area contributed by atoms with E-state index < -0.39 is 40.9 Å². The van der Waals surface area contributed by atoms with Crippen molar-refractivity contribution >= 4 is 11.8 Å². The molecular formula is C27H24F3N3O4. The second kappa shape index (κ2) is 10.1. The molecule has 1 aromatic heterocycles. The summed E-state index contributed by atoms with van der Waals surface area (Å²) in [6.07, 6.45) is 3.49. The summed E-state index contributed by atoms with van der Waals surface area (Å²) in [4.78, 5) is 41.7. The van der Waals surface area contributed by atoms with Crippen LogP contribution in [-0.4, -0.2) is 34.4 Å². The van der Waals surface area contributed by atoms with Crippen molar-refractivity contribution in [1.29, 1.82) is 0 Å². The van der Waals surface area contributed by atoms with E-state index in [4.69, 9.17) is 4.74 Å². The molecule has 3 heterocycles. The molecule has 0 radical (unpaired) electrons. The van der Waals surface area contributed by atoms with E-state index in [-0.39, 0.29) is 35.6 Å². The monoisotopic (exact) mass is 511 g/mol. The number of ether oxygens (including phenoxy) is 1. The fraction of sp³-hybridized carbons (Fsp3) is 0.296. The highest BCUT2D eigenvalue weighted by Gasteiger charge is 2.35. The number of hydrogen-bond donors (Lipinski definition) is 1. The van der Waals surface area contributed by atoms with E-state index >= 15 is 0 Å². The molecule has 0 aliphatic carbocycles. The maximum Gasteiger partial charge on any atom is 0.274 e. The van der Waals surface area contributed by atoms with E-state index in [1.54, 1.807) is 21.6 Å². The average molecular weight is 512 g/mol. The lowest BCUT2D eigenvalue weighted by molar-refractivity contribution is 0.0750. The molecule has 2 amide bonds. The van der Waals surface area contributed by atoms with Crippen molar-refractivity contribution in [2.24, 2.45) is 0 Å². The normalized spacial score (nSPS) is 16.7. The molecule has 5 rings (SSSR count). The Labute approximate surface area is 210 Å². The third kappa shape index (κ3) is 4.83. The summed E-state index contributed by atoms with van der Waals surface area (Å²) in [7, 11) is 0. The molecular weight excluding hydrogens is 487 g/mol. The molecule has 0 saturated carbocycles. The number of amides is 2. The van der Waals surface area contributed by atoms with Crippen LogP contribution in [-0.2, 0) is 13.2 Å². The van der Waals surface area contributed by atoms with Gasteiger partial charge in [0.1, 0.15) is 29.6 Å². The number of benzene rings is 2. The van der Waals surface area contributed by atoms with E-state index in [9.17, 15) is 27.6 Å². The van der Waals surface area contributed by atoms with E-state index in [2.05, 4.69) is 5.32 Å². The van der Waals surface area contributed by atoms with Crippen molar-refractivity contribution in [3.63, 3.8) is 0 Å². The van der Waals surface area contributed by atoms with Crippen LogP contribution in [0.1, 0.15) is 57.3 Å². The molecule has 3 aromatic rings. The van der Waals surface area contributed by atoms with Crippen molar-refractivity contribution in [2.45, 2.75) is 38.5 Å². The molecule has 2 bridgehead atoms. The predicted octanol–water partition coefficient (Wildman–Crippen LogP) is 3.96. The second-order valence-electron chi connectivity index (χ2n) is 9.14. The Balaban J connectivity index is 1.53. The molecule has 37 heavy (non-hydrogen) atoms. The molecule has 1 atom stereocenters. The number of hydrogen-bond acceptors (Lipinski definition) is 4. The van der Waals surface area contributed by atoms with Crippen LogP contribution in [0.25, 0.3) is 0 Å². The zero-order valence-corrected chi connectivity index (χ0v) is 19.8. The highest BCUT2D eigenvalue weighted by atomic mass is 19.1. The van der Waals surface area contributed by atoms with Crippen molar-refractivity contribution in [1.82, 2.24) is 14.8 Å². The number of rotatable bonds is 6. The standard InChI is InChI=1S/C27H24F3N3O4/c28-17-11-21(29)19(22(30)12-17)13-31-26(35)20-14-33-18-7-4-9-32(10-8-18)27(36)23(33)25(24(20)34)37-15-16-5-2-1-3-6-16/h1-3,5-6,11-12,14,18H,4,7-10,13,15H2,(H,31,35). The average Bonchev–Trinajstić information content (AvgIpc) is 3.19. The van der Waals surface area contributed by atoms with Crippen LogP contribution < -0.4 is 15.5 Å². The second-order valence-corrected chi connectivity index (χ2v) is 9.14. The number of nitrogens with one attached hydrogen (secondary N) is 1. The van der Waals surface area contributed by atoms with Crippen LogP contribution >= 0.6 is 0 Å². The molecule has 1 fully saturated rings. The first-order valence-electron chi connectivity index (χ1n) is 12.0. The highest BCUT2D eigenvalue weighted by Crippen LogP contribution is 2.33. The van der Waals surface area contributed by atoms with Gasteiger partial charge >= 0.3 is 0 Å². The van der Waals surface area contributed by atoms with Gasteiger partial charge in [-0.2, -0.15) is 0 Å². The lowest BCUT2D eigenvalue weighted by Crippen LogP contribution is -2.37. The van der Waals surface area contributed by atoms with Gasteiger partial charge in [-0.25, -0.2) is 13.2 Å². The molecule has 192 valence electrons. The first kappa shape index (κ1) is 24.6. The smallest absolute Gasteiger partial charge is 0.274 e. The van der Waals surface area contributed by atoms with Crippen LogP contribution in [0.4, 0.5) is 13.2 Å². The van der Waals surface area contributed by atoms with E-state index in [1.807, 2.05) is 18.2 Å². The summed E-state index contributed by atoms with van der Waals surface area (Å²) in [5, 5.41) is 2.34. The molecule has 10 heteroatoms. The summed E-state index contributed by atoms with van der Waals surface area (Å²) in [6, 6.07) is 9.95. The zero-order chi connectivity index (χ0) is 26.1. The molecule has 2 aliphatic heterocycles. The minimum atomic E-state index is -1.16. The number of nitrogens with zero attached hydrogens (tertiary/aromatic N) is 2. The summed E-state index contributed by atoms with van der Waals surface area (Å²) in [5.41, 5.74) is -0.797. The summed E-state index contributed by atoms with van der Waals surface area (Å²) < 4.78 is 48.9. The van der Waals surface area contributed by atoms with Crippen LogP contribution in [0.15, 0.2) is 53.5 Å². The Morgan fingerprint density at radius 3 is 2.49 bits per heavy atom. The quantitative estimate of drug-likeness (QED) is 0.544. The topological polar surface area (TPSA) is 80.6 Å². The molecule has 0 spiro atoms. The van der Waals surface area contributed by atoms with Gasteiger partial charge in [-0.15, -0.1) is 0 Å². The molecule has 7 nitrogen and oxygen atoms in total. The highest BCUT2D eigenvalue weighted by molar-refractivity contribution is 5.99. The molecule has 2 aromatic carbocycles. The van der Waals surface area contributed by atoms with Gasteiger partial charge in [-0.05, 0) is 24.8 Å². The molecule has 1 N–H and O–H groups in total. The van der Waals surface area contributed by atoms with Crippen LogP contribution in [0.5, 0.6) is 5.75 Å². The van der Waals surface area contributed by atoms with Crippen molar-refractivity contribution < 1.29 is 27.5 Å². The van der Waals surface area contributed by atoms with Crippen LogP contribution in [0, 0.1) is 17.5 Å². The minimum Gasteiger partial charge on any atom is -0.483 e. The number of pyridine rings is 1. The molecule has 1 saturated heterocycles. The molecule has 2 aliphatic rings. The van der Waals surface area contributed by atoms with E-state index in [0.29, 0.717) is 31.6 Å². The zero-order valence-electron chi connectivity index (χ0n) is 19.8. The van der Waals surface area contributed by atoms with Gasteiger partial charge in [-0.1, -0.05) is 30.3 Å². The number of carbonyl (C=O) groups excluding carboxylic acids is 2. The fourth-order valence-electron chi connectivity index (χ4n) is 4.84. The predicted molar refractivity (Wildman–Crippen MR) is 128 cm³/mol. The largest absolute Gasteiger partial charge is 0.483 e. The van der Waals surface area contributed by atoms with Gasteiger partial charge in [0, 0.05) is 49.6 Å².